The number of carbonyl (C=O) groups excluding carboxylic acids is 1. The molecule has 2 heteroatoms. The summed E-state index contributed by atoms with van der Waals surface area (Å²) in [7, 11) is 1.72. The number of hydrogen-bond donors (Lipinski definition) is 0. The van der Waals surface area contributed by atoms with Gasteiger partial charge in [0.15, 0.2) is 5.78 Å². The minimum Gasteiger partial charge on any atom is -0.500 e. The Labute approximate surface area is 104 Å². The Morgan fingerprint density at radius 2 is 1.41 bits per heavy atom. The number of methoxy groups -OCH3 is 1. The monoisotopic (exact) mass is 236 g/mol. The lowest BCUT2D eigenvalue weighted by Crippen LogP contribution is -2.16. The third kappa shape index (κ3) is 2.72. The van der Waals surface area contributed by atoms with E-state index in [1.807, 2.05) is 6.92 Å². The van der Waals surface area contributed by atoms with Crippen LogP contribution in [-0.4, -0.2) is 12.9 Å². The van der Waals surface area contributed by atoms with Gasteiger partial charge in [-0.2, -0.15) is 0 Å². The molecule has 2 aliphatic rings. The van der Waals surface area contributed by atoms with Crippen LogP contribution in [0.2, 0.25) is 0 Å². The van der Waals surface area contributed by atoms with Gasteiger partial charge in [0.05, 0.1) is 7.11 Å². The molecule has 0 bridgehead atoms. The van der Waals surface area contributed by atoms with Gasteiger partial charge in [-0.1, -0.05) is 25.7 Å². The van der Waals surface area contributed by atoms with Gasteiger partial charge in [-0.25, -0.2) is 0 Å². The molecule has 0 spiro atoms. The molecule has 96 valence electrons. The van der Waals surface area contributed by atoms with Crippen molar-refractivity contribution in [1.29, 1.82) is 0 Å². The highest BCUT2D eigenvalue weighted by Crippen LogP contribution is 2.35. The van der Waals surface area contributed by atoms with Crippen LogP contribution in [0.3, 0.4) is 0 Å². The average molecular weight is 236 g/mol. The second-order valence-electron chi connectivity index (χ2n) is 5.52. The van der Waals surface area contributed by atoms with Crippen LogP contribution >= 0.6 is 0 Å². The molecule has 0 amide bonds. The number of ether oxygens (including phenoxy) is 1. The van der Waals surface area contributed by atoms with Gasteiger partial charge in [0.2, 0.25) is 0 Å². The largest absolute Gasteiger partial charge is 0.500 e. The molecular formula is C15H24O2. The lowest BCUT2D eigenvalue weighted by molar-refractivity contribution is -0.119. The van der Waals surface area contributed by atoms with E-state index in [9.17, 15) is 4.79 Å². The van der Waals surface area contributed by atoms with E-state index >= 15 is 0 Å². The molecule has 0 saturated heterocycles. The number of Topliss-reactive ketones (excluding diaryl/α,β-unsaturated/α-hetero) is 1. The van der Waals surface area contributed by atoms with E-state index in [1.165, 1.54) is 38.5 Å². The van der Waals surface area contributed by atoms with Crippen LogP contribution in [0.1, 0.15) is 58.3 Å². The Morgan fingerprint density at radius 3 is 1.88 bits per heavy atom. The second kappa shape index (κ2) is 5.70. The Bertz CT molecular complexity index is 305. The summed E-state index contributed by atoms with van der Waals surface area (Å²) in [6, 6.07) is 0. The van der Waals surface area contributed by atoms with Crippen molar-refractivity contribution in [1.82, 2.24) is 0 Å². The Hall–Kier alpha value is -0.790. The summed E-state index contributed by atoms with van der Waals surface area (Å²) in [5, 5.41) is 0. The maximum absolute atomic E-state index is 12.4. The molecule has 0 aromatic rings. The van der Waals surface area contributed by atoms with E-state index in [0.29, 0.717) is 11.7 Å². The molecule has 0 aromatic carbocycles. The van der Waals surface area contributed by atoms with Crippen molar-refractivity contribution in [2.45, 2.75) is 58.3 Å². The SMILES string of the molecule is CO/C(=C(/C)C(=O)C1CCCC1)C1CCCC1. The standard InChI is InChI=1S/C15H24O2/c1-11(14(16)12-7-3-4-8-12)15(17-2)13-9-5-6-10-13/h12-13H,3-10H2,1-2H3/b15-11-. The highest BCUT2D eigenvalue weighted by Gasteiger charge is 2.29. The van der Waals surface area contributed by atoms with E-state index in [2.05, 4.69) is 0 Å². The molecule has 0 radical (unpaired) electrons. The van der Waals surface area contributed by atoms with Crippen LogP contribution in [0, 0.1) is 11.8 Å². The lowest BCUT2D eigenvalue weighted by atomic mass is 9.92. The molecule has 0 N–H and O–H groups in total. The first-order chi connectivity index (χ1) is 8.24. The van der Waals surface area contributed by atoms with Crippen LogP contribution in [-0.2, 0) is 9.53 Å². The fraction of sp³-hybridized carbons (Fsp3) is 0.800. The first-order valence-electron chi connectivity index (χ1n) is 7.03. The normalized spacial score (nSPS) is 23.9. The quantitative estimate of drug-likeness (QED) is 0.547. The van der Waals surface area contributed by atoms with E-state index < -0.39 is 0 Å². The lowest BCUT2D eigenvalue weighted by Gasteiger charge is -2.18. The highest BCUT2D eigenvalue weighted by atomic mass is 16.5. The zero-order chi connectivity index (χ0) is 12.3. The number of hydrogen-bond acceptors (Lipinski definition) is 2. The highest BCUT2D eigenvalue weighted by molar-refractivity contribution is 5.97. The Balaban J connectivity index is 2.11. The summed E-state index contributed by atoms with van der Waals surface area (Å²) in [6.45, 7) is 1.97. The van der Waals surface area contributed by atoms with Crippen LogP contribution < -0.4 is 0 Å². The maximum atomic E-state index is 12.4. The van der Waals surface area contributed by atoms with Crippen molar-refractivity contribution in [2.24, 2.45) is 11.8 Å². The molecule has 0 aliphatic heterocycles. The van der Waals surface area contributed by atoms with E-state index in [-0.39, 0.29) is 5.92 Å². The van der Waals surface area contributed by atoms with Gasteiger partial charge in [0.1, 0.15) is 5.76 Å². The van der Waals surface area contributed by atoms with Crippen LogP contribution in [0.4, 0.5) is 0 Å². The van der Waals surface area contributed by atoms with E-state index in [1.54, 1.807) is 7.11 Å². The fourth-order valence-electron chi connectivity index (χ4n) is 3.43. The van der Waals surface area contributed by atoms with Gasteiger partial charge in [-0.05, 0) is 32.6 Å². The van der Waals surface area contributed by atoms with Crippen molar-refractivity contribution in [2.75, 3.05) is 7.11 Å². The summed E-state index contributed by atoms with van der Waals surface area (Å²) in [5.41, 5.74) is 0.909. The van der Waals surface area contributed by atoms with Crippen LogP contribution in [0.25, 0.3) is 0 Å². The van der Waals surface area contributed by atoms with Crippen molar-refractivity contribution in [3.05, 3.63) is 11.3 Å². The second-order valence-corrected chi connectivity index (χ2v) is 5.52. The first-order valence-corrected chi connectivity index (χ1v) is 7.03. The molecule has 0 unspecified atom stereocenters. The molecule has 0 heterocycles. The van der Waals surface area contributed by atoms with Gasteiger partial charge in [-0.3, -0.25) is 4.79 Å². The molecule has 2 fully saturated rings. The van der Waals surface area contributed by atoms with Gasteiger partial charge in [0, 0.05) is 17.4 Å². The average Bonchev–Trinajstić information content (AvgIpc) is 3.01. The van der Waals surface area contributed by atoms with Crippen LogP contribution in [0.5, 0.6) is 0 Å². The molecule has 2 nitrogen and oxygen atoms in total. The predicted molar refractivity (Wildman–Crippen MR) is 68.6 cm³/mol. The number of allylic oxidation sites excluding steroid dienone is 2. The van der Waals surface area contributed by atoms with Crippen LogP contribution in [0.15, 0.2) is 11.3 Å². The summed E-state index contributed by atoms with van der Waals surface area (Å²) in [6.07, 6.45) is 9.54. The minimum absolute atomic E-state index is 0.279. The topological polar surface area (TPSA) is 26.3 Å². The first kappa shape index (κ1) is 12.7. The van der Waals surface area contributed by atoms with Gasteiger partial charge in [-0.15, -0.1) is 0 Å². The summed E-state index contributed by atoms with van der Waals surface area (Å²) in [5.74, 6) is 2.12. The van der Waals surface area contributed by atoms with Crippen molar-refractivity contribution < 1.29 is 9.53 Å². The van der Waals surface area contributed by atoms with Crippen molar-refractivity contribution >= 4 is 5.78 Å². The molecule has 2 saturated carbocycles. The molecule has 0 atom stereocenters. The van der Waals surface area contributed by atoms with E-state index in [4.69, 9.17) is 4.74 Å². The third-order valence-corrected chi connectivity index (χ3v) is 4.41. The summed E-state index contributed by atoms with van der Waals surface area (Å²) < 4.78 is 5.54. The predicted octanol–water partition coefficient (Wildman–Crippen LogP) is 3.86. The Kier molecular flexibility index (Phi) is 4.25. The van der Waals surface area contributed by atoms with Gasteiger partial charge in [0.25, 0.3) is 0 Å². The van der Waals surface area contributed by atoms with Crippen molar-refractivity contribution in [3.8, 4) is 0 Å². The number of rotatable bonds is 4. The molecule has 2 rings (SSSR count). The summed E-state index contributed by atoms with van der Waals surface area (Å²) >= 11 is 0. The summed E-state index contributed by atoms with van der Waals surface area (Å²) in [4.78, 5) is 12.4. The van der Waals surface area contributed by atoms with Gasteiger partial charge < -0.3 is 4.74 Å². The van der Waals surface area contributed by atoms with Gasteiger partial charge >= 0.3 is 0 Å². The molecule has 2 aliphatic carbocycles. The fourth-order valence-corrected chi connectivity index (χ4v) is 3.43. The van der Waals surface area contributed by atoms with Crippen molar-refractivity contribution in [3.63, 3.8) is 0 Å². The maximum Gasteiger partial charge on any atom is 0.165 e. The molecule has 0 aromatic heterocycles. The molecular weight excluding hydrogens is 212 g/mol. The van der Waals surface area contributed by atoms with E-state index in [0.717, 1.165) is 24.2 Å². The zero-order valence-corrected chi connectivity index (χ0v) is 11.1. The number of ketones is 1. The number of carbonyl (C=O) groups is 1. The molecule has 17 heavy (non-hydrogen) atoms. The smallest absolute Gasteiger partial charge is 0.165 e. The zero-order valence-electron chi connectivity index (χ0n) is 11.1. The minimum atomic E-state index is 0.279. The Morgan fingerprint density at radius 1 is 0.941 bits per heavy atom. The third-order valence-electron chi connectivity index (χ3n) is 4.41.